The molecule has 0 bridgehead atoms. The molecule has 0 saturated heterocycles. The van der Waals surface area contributed by atoms with Crippen LogP contribution in [-0.2, 0) is 6.42 Å². The van der Waals surface area contributed by atoms with Crippen LogP contribution in [0.3, 0.4) is 0 Å². The van der Waals surface area contributed by atoms with Gasteiger partial charge in [0.25, 0.3) is 0 Å². The van der Waals surface area contributed by atoms with Crippen molar-refractivity contribution in [2.24, 2.45) is 0 Å². The first-order valence-corrected chi connectivity index (χ1v) is 8.67. The third-order valence-corrected chi connectivity index (χ3v) is 5.39. The fourth-order valence-electron chi connectivity index (χ4n) is 3.49. The predicted octanol–water partition coefficient (Wildman–Crippen LogP) is 3.53. The lowest BCUT2D eigenvalue weighted by molar-refractivity contribution is -0.0478. The number of aliphatic hydroxyl groups is 1. The first kappa shape index (κ1) is 14.7. The van der Waals surface area contributed by atoms with E-state index in [4.69, 9.17) is 4.74 Å². The second kappa shape index (κ2) is 5.64. The molecule has 1 aromatic heterocycles. The number of hydrogen-bond donors (Lipinski definition) is 2. The topological polar surface area (TPSA) is 41.5 Å². The lowest BCUT2D eigenvalue weighted by atomic mass is 9.97. The van der Waals surface area contributed by atoms with Crippen LogP contribution in [0.15, 0.2) is 53.9 Å². The maximum atomic E-state index is 11.2. The Bertz CT molecular complexity index is 844. The molecule has 0 radical (unpaired) electrons. The van der Waals surface area contributed by atoms with Crippen molar-refractivity contribution in [3.05, 3.63) is 65.0 Å². The van der Waals surface area contributed by atoms with Gasteiger partial charge in [-0.25, -0.2) is 0 Å². The second-order valence-corrected chi connectivity index (χ2v) is 7.04. The number of benzene rings is 2. The zero-order valence-corrected chi connectivity index (χ0v) is 13.8. The van der Waals surface area contributed by atoms with Gasteiger partial charge in [-0.05, 0) is 41.8 Å². The van der Waals surface area contributed by atoms with Gasteiger partial charge in [0.2, 0.25) is 0 Å². The minimum atomic E-state index is -0.934. The summed E-state index contributed by atoms with van der Waals surface area (Å²) >= 11 is 1.70. The fourth-order valence-corrected chi connectivity index (χ4v) is 4.30. The van der Waals surface area contributed by atoms with Crippen LogP contribution in [0.5, 0.6) is 5.75 Å². The average molecular weight is 325 g/mol. The zero-order chi connectivity index (χ0) is 15.9. The van der Waals surface area contributed by atoms with E-state index in [1.165, 1.54) is 4.70 Å². The van der Waals surface area contributed by atoms with Crippen molar-refractivity contribution in [2.75, 3.05) is 13.6 Å². The van der Waals surface area contributed by atoms with E-state index in [2.05, 4.69) is 35.0 Å². The number of rotatable bonds is 4. The molecule has 23 heavy (non-hydrogen) atoms. The normalized spacial score (nSPS) is 23.1. The molecule has 2 unspecified atom stereocenters. The zero-order valence-electron chi connectivity index (χ0n) is 13.0. The smallest absolute Gasteiger partial charge is 0.154 e. The van der Waals surface area contributed by atoms with E-state index in [9.17, 15) is 5.11 Å². The van der Waals surface area contributed by atoms with Gasteiger partial charge >= 0.3 is 0 Å². The van der Waals surface area contributed by atoms with Crippen LogP contribution in [0.25, 0.3) is 10.1 Å². The highest BCUT2D eigenvalue weighted by Gasteiger charge is 2.46. The Morgan fingerprint density at radius 2 is 2.09 bits per heavy atom. The minimum absolute atomic E-state index is 0.364. The van der Waals surface area contributed by atoms with Gasteiger partial charge in [-0.15, -0.1) is 11.3 Å². The van der Waals surface area contributed by atoms with Crippen LogP contribution < -0.4 is 10.1 Å². The molecule has 0 amide bonds. The van der Waals surface area contributed by atoms with Crippen LogP contribution in [0.2, 0.25) is 0 Å². The highest BCUT2D eigenvalue weighted by atomic mass is 32.1. The van der Waals surface area contributed by atoms with Gasteiger partial charge in [-0.2, -0.15) is 0 Å². The summed E-state index contributed by atoms with van der Waals surface area (Å²) in [4.78, 5) is 0. The number of nitrogens with one attached hydrogen (secondary N) is 1. The Hall–Kier alpha value is -1.88. The molecule has 2 atom stereocenters. The molecule has 0 spiro atoms. The predicted molar refractivity (Wildman–Crippen MR) is 94.2 cm³/mol. The van der Waals surface area contributed by atoms with E-state index in [-0.39, 0.29) is 6.10 Å². The molecule has 0 aliphatic heterocycles. The molecule has 4 rings (SSSR count). The summed E-state index contributed by atoms with van der Waals surface area (Å²) in [6.07, 6.45) is 0.241. The fraction of sp³-hybridized carbons (Fsp3) is 0.263. The summed E-state index contributed by atoms with van der Waals surface area (Å²) in [7, 11) is 1.86. The van der Waals surface area contributed by atoms with Crippen molar-refractivity contribution in [1.29, 1.82) is 0 Å². The number of likely N-dealkylation sites (N-methyl/N-ethyl adjacent to an activating group) is 1. The first-order valence-electron chi connectivity index (χ1n) is 7.79. The lowest BCUT2D eigenvalue weighted by Gasteiger charge is -2.31. The molecule has 1 aliphatic rings. The van der Waals surface area contributed by atoms with E-state index in [1.807, 2.05) is 31.3 Å². The van der Waals surface area contributed by atoms with Crippen LogP contribution in [-0.4, -0.2) is 24.3 Å². The molecule has 3 aromatic rings. The molecule has 1 heterocycles. The lowest BCUT2D eigenvalue weighted by Crippen LogP contribution is -2.45. The Kier molecular flexibility index (Phi) is 3.60. The van der Waals surface area contributed by atoms with Gasteiger partial charge in [-0.1, -0.05) is 30.3 Å². The minimum Gasteiger partial charge on any atom is -0.482 e. The molecule has 3 nitrogen and oxygen atoms in total. The van der Waals surface area contributed by atoms with Crippen molar-refractivity contribution in [2.45, 2.75) is 18.1 Å². The third-order valence-electron chi connectivity index (χ3n) is 4.51. The highest BCUT2D eigenvalue weighted by Crippen LogP contribution is 2.43. The monoisotopic (exact) mass is 325 g/mol. The average Bonchev–Trinajstić information content (AvgIpc) is 3.12. The summed E-state index contributed by atoms with van der Waals surface area (Å²) in [6.45, 7) is 0.492. The number of thiophene rings is 1. The van der Waals surface area contributed by atoms with E-state index in [0.717, 1.165) is 22.3 Å². The van der Waals surface area contributed by atoms with Gasteiger partial charge in [0.1, 0.15) is 11.4 Å². The number of ether oxygens (including phenoxy) is 1. The van der Waals surface area contributed by atoms with Crippen LogP contribution in [0, 0.1) is 0 Å². The van der Waals surface area contributed by atoms with E-state index < -0.39 is 5.60 Å². The summed E-state index contributed by atoms with van der Waals surface area (Å²) in [5, 5.41) is 17.5. The molecule has 0 saturated carbocycles. The summed E-state index contributed by atoms with van der Waals surface area (Å²) < 4.78 is 7.56. The van der Waals surface area contributed by atoms with Crippen molar-refractivity contribution in [1.82, 2.24) is 5.32 Å². The molecule has 2 N–H and O–H groups in total. The molecular weight excluding hydrogens is 306 g/mol. The van der Waals surface area contributed by atoms with Gasteiger partial charge < -0.3 is 15.2 Å². The maximum Gasteiger partial charge on any atom is 0.154 e. The SMILES string of the molecule is CNCC1(O)Cc2ccccc2C1Oc1cccc2sccc12. The van der Waals surface area contributed by atoms with Gasteiger partial charge in [0.15, 0.2) is 6.10 Å². The first-order chi connectivity index (χ1) is 11.2. The number of fused-ring (bicyclic) bond motifs is 2. The van der Waals surface area contributed by atoms with Crippen LogP contribution >= 0.6 is 11.3 Å². The van der Waals surface area contributed by atoms with Crippen LogP contribution in [0.1, 0.15) is 17.2 Å². The third kappa shape index (κ3) is 2.43. The van der Waals surface area contributed by atoms with Crippen molar-refractivity contribution in [3.8, 4) is 5.75 Å². The summed E-state index contributed by atoms with van der Waals surface area (Å²) in [5.74, 6) is 0.833. The Morgan fingerprint density at radius 3 is 2.96 bits per heavy atom. The Balaban J connectivity index is 1.77. The Labute approximate surface area is 139 Å². The second-order valence-electron chi connectivity index (χ2n) is 6.10. The molecular formula is C19H19NO2S. The quantitative estimate of drug-likeness (QED) is 0.771. The van der Waals surface area contributed by atoms with Crippen LogP contribution in [0.4, 0.5) is 0 Å². The summed E-state index contributed by atoms with van der Waals surface area (Å²) in [6, 6.07) is 16.3. The number of hydrogen-bond acceptors (Lipinski definition) is 4. The van der Waals surface area contributed by atoms with Crippen molar-refractivity contribution in [3.63, 3.8) is 0 Å². The van der Waals surface area contributed by atoms with Gasteiger partial charge in [-0.3, -0.25) is 0 Å². The van der Waals surface area contributed by atoms with E-state index >= 15 is 0 Å². The van der Waals surface area contributed by atoms with Crippen molar-refractivity contribution < 1.29 is 9.84 Å². The molecule has 2 aromatic carbocycles. The molecule has 0 fully saturated rings. The largest absolute Gasteiger partial charge is 0.482 e. The standard InChI is InChI=1S/C19H19NO2S/c1-20-12-19(21)11-13-5-2-3-6-14(13)18(19)22-16-7-4-8-17-15(16)9-10-23-17/h2-10,18,20-21H,11-12H2,1H3. The van der Waals surface area contributed by atoms with E-state index in [0.29, 0.717) is 13.0 Å². The van der Waals surface area contributed by atoms with Crippen molar-refractivity contribution >= 4 is 21.4 Å². The molecule has 1 aliphatic carbocycles. The summed E-state index contributed by atoms with van der Waals surface area (Å²) in [5.41, 5.74) is 1.31. The Morgan fingerprint density at radius 1 is 1.22 bits per heavy atom. The van der Waals surface area contributed by atoms with Gasteiger partial charge in [0, 0.05) is 23.1 Å². The molecule has 4 heteroatoms. The molecule has 118 valence electrons. The highest BCUT2D eigenvalue weighted by molar-refractivity contribution is 7.17. The van der Waals surface area contributed by atoms with Gasteiger partial charge in [0.05, 0.1) is 0 Å². The maximum absolute atomic E-state index is 11.2. The van der Waals surface area contributed by atoms with E-state index in [1.54, 1.807) is 11.3 Å².